The number of nitrogens with two attached hydrogens (primary N) is 1. The number of furan rings is 1. The molecule has 0 aromatic carbocycles. The number of imidazole rings is 1. The van der Waals surface area contributed by atoms with Crippen molar-refractivity contribution in [3.05, 3.63) is 30.6 Å². The average molecular weight is 205 g/mol. The van der Waals surface area contributed by atoms with Gasteiger partial charge in [-0.3, -0.25) is 0 Å². The third-order valence-corrected chi connectivity index (χ3v) is 2.59. The highest BCUT2D eigenvalue weighted by Crippen LogP contribution is 2.21. The number of hydrogen-bond donors (Lipinski definition) is 2. The van der Waals surface area contributed by atoms with Gasteiger partial charge in [0.05, 0.1) is 24.4 Å². The first-order chi connectivity index (χ1) is 7.35. The molecule has 15 heavy (non-hydrogen) atoms. The summed E-state index contributed by atoms with van der Waals surface area (Å²) < 4.78 is 5.02. The van der Waals surface area contributed by atoms with Crippen LogP contribution in [0.5, 0.6) is 0 Å². The second kappa shape index (κ2) is 4.31. The highest BCUT2D eigenvalue weighted by Gasteiger charge is 2.12. The molecule has 0 saturated heterocycles. The van der Waals surface area contributed by atoms with Crippen LogP contribution in [0.2, 0.25) is 0 Å². The monoisotopic (exact) mass is 205 g/mol. The van der Waals surface area contributed by atoms with Gasteiger partial charge in [-0.2, -0.15) is 0 Å². The Morgan fingerprint density at radius 3 is 3.07 bits per heavy atom. The maximum absolute atomic E-state index is 5.66. The molecule has 0 aliphatic carbocycles. The summed E-state index contributed by atoms with van der Waals surface area (Å²) in [5, 5.41) is 0. The van der Waals surface area contributed by atoms with Gasteiger partial charge >= 0.3 is 0 Å². The van der Waals surface area contributed by atoms with E-state index in [2.05, 4.69) is 16.9 Å². The molecule has 0 spiro atoms. The fraction of sp³-hybridized carbons (Fsp3) is 0.364. The summed E-state index contributed by atoms with van der Waals surface area (Å²) in [4.78, 5) is 7.60. The fourth-order valence-electron chi connectivity index (χ4n) is 1.58. The van der Waals surface area contributed by atoms with Crippen molar-refractivity contribution in [2.24, 2.45) is 5.73 Å². The molecule has 0 bridgehead atoms. The molecule has 2 aromatic rings. The number of nitrogens with zero attached hydrogens (tertiary/aromatic N) is 1. The van der Waals surface area contributed by atoms with Crippen LogP contribution >= 0.6 is 0 Å². The van der Waals surface area contributed by atoms with E-state index >= 15 is 0 Å². The van der Waals surface area contributed by atoms with Crippen LogP contribution in [0.1, 0.15) is 25.1 Å². The Hall–Kier alpha value is -1.55. The van der Waals surface area contributed by atoms with Gasteiger partial charge in [-0.15, -0.1) is 0 Å². The first-order valence-electron chi connectivity index (χ1n) is 5.12. The molecule has 4 heteroatoms. The largest absolute Gasteiger partial charge is 0.472 e. The van der Waals surface area contributed by atoms with E-state index in [0.29, 0.717) is 12.5 Å². The topological polar surface area (TPSA) is 67.8 Å². The Morgan fingerprint density at radius 1 is 1.60 bits per heavy atom. The molecule has 1 unspecified atom stereocenters. The van der Waals surface area contributed by atoms with E-state index < -0.39 is 0 Å². The molecule has 0 fully saturated rings. The van der Waals surface area contributed by atoms with Gasteiger partial charge in [0, 0.05) is 18.0 Å². The molecular formula is C11H15N3O. The van der Waals surface area contributed by atoms with Crippen molar-refractivity contribution >= 4 is 0 Å². The minimum atomic E-state index is 0.311. The van der Waals surface area contributed by atoms with Crippen molar-refractivity contribution in [2.75, 3.05) is 6.54 Å². The normalized spacial score (nSPS) is 12.9. The summed E-state index contributed by atoms with van der Waals surface area (Å²) >= 11 is 0. The van der Waals surface area contributed by atoms with Crippen LogP contribution < -0.4 is 5.73 Å². The number of aromatic nitrogens is 2. The molecule has 4 nitrogen and oxygen atoms in total. The number of nitrogens with one attached hydrogen (secondary N) is 1. The lowest BCUT2D eigenvalue weighted by molar-refractivity contribution is 0.568. The van der Waals surface area contributed by atoms with Gasteiger partial charge in [0.1, 0.15) is 5.82 Å². The van der Waals surface area contributed by atoms with Gasteiger partial charge in [0.2, 0.25) is 0 Å². The zero-order valence-corrected chi connectivity index (χ0v) is 8.73. The Bertz CT molecular complexity index is 401. The number of aromatic amines is 1. The predicted molar refractivity (Wildman–Crippen MR) is 58.4 cm³/mol. The quantitative estimate of drug-likeness (QED) is 0.803. The van der Waals surface area contributed by atoms with E-state index in [-0.39, 0.29) is 0 Å². The Balaban J connectivity index is 2.24. The molecule has 0 radical (unpaired) electrons. The zero-order valence-electron chi connectivity index (χ0n) is 8.73. The standard InChI is InChI=1S/C11H15N3O/c1-2-8(5-12)11-13-6-10(14-11)9-3-4-15-7-9/h3-4,6-8H,2,5,12H2,1H3,(H,13,14). The van der Waals surface area contributed by atoms with Gasteiger partial charge in [0.25, 0.3) is 0 Å². The number of H-pyrrole nitrogens is 1. The summed E-state index contributed by atoms with van der Waals surface area (Å²) in [6.45, 7) is 2.73. The highest BCUT2D eigenvalue weighted by molar-refractivity contribution is 5.56. The molecule has 2 aromatic heterocycles. The molecule has 2 heterocycles. The molecule has 0 saturated carbocycles. The second-order valence-corrected chi connectivity index (χ2v) is 3.54. The van der Waals surface area contributed by atoms with E-state index in [1.807, 2.05) is 12.3 Å². The minimum absolute atomic E-state index is 0.311. The maximum Gasteiger partial charge on any atom is 0.110 e. The summed E-state index contributed by atoms with van der Waals surface area (Å²) in [5.41, 5.74) is 7.66. The number of hydrogen-bond acceptors (Lipinski definition) is 3. The molecule has 80 valence electrons. The molecular weight excluding hydrogens is 190 g/mol. The maximum atomic E-state index is 5.66. The molecule has 3 N–H and O–H groups in total. The lowest BCUT2D eigenvalue weighted by Gasteiger charge is -2.07. The molecule has 0 amide bonds. The highest BCUT2D eigenvalue weighted by atomic mass is 16.3. The molecule has 0 aliphatic heterocycles. The van der Waals surface area contributed by atoms with Crippen molar-refractivity contribution in [2.45, 2.75) is 19.3 Å². The van der Waals surface area contributed by atoms with Gasteiger partial charge in [-0.05, 0) is 12.5 Å². The summed E-state index contributed by atoms with van der Waals surface area (Å²) in [6, 6.07) is 1.90. The molecule has 2 rings (SSSR count). The number of rotatable bonds is 4. The van der Waals surface area contributed by atoms with Crippen LogP contribution in [0.15, 0.2) is 29.2 Å². The predicted octanol–water partition coefficient (Wildman–Crippen LogP) is 2.12. The zero-order chi connectivity index (χ0) is 10.7. The van der Waals surface area contributed by atoms with Crippen molar-refractivity contribution in [1.29, 1.82) is 0 Å². The Kier molecular flexibility index (Phi) is 2.87. The smallest absolute Gasteiger partial charge is 0.110 e. The first-order valence-corrected chi connectivity index (χ1v) is 5.12. The summed E-state index contributed by atoms with van der Waals surface area (Å²) in [5.74, 6) is 1.27. The third-order valence-electron chi connectivity index (χ3n) is 2.59. The van der Waals surface area contributed by atoms with Crippen molar-refractivity contribution in [3.63, 3.8) is 0 Å². The fourth-order valence-corrected chi connectivity index (χ4v) is 1.58. The first kappa shape index (κ1) is 9.98. The van der Waals surface area contributed by atoms with Crippen LogP contribution in [0, 0.1) is 0 Å². The Labute approximate surface area is 88.5 Å². The third kappa shape index (κ3) is 1.94. The van der Waals surface area contributed by atoms with E-state index in [9.17, 15) is 0 Å². The van der Waals surface area contributed by atoms with Crippen LogP contribution in [0.3, 0.4) is 0 Å². The van der Waals surface area contributed by atoms with Crippen LogP contribution in [0.25, 0.3) is 11.3 Å². The van der Waals surface area contributed by atoms with Crippen molar-refractivity contribution < 1.29 is 4.42 Å². The Morgan fingerprint density at radius 2 is 2.47 bits per heavy atom. The molecule has 1 atom stereocenters. The molecule has 0 aliphatic rings. The van der Waals surface area contributed by atoms with Crippen LogP contribution in [-0.2, 0) is 0 Å². The van der Waals surface area contributed by atoms with E-state index in [1.165, 1.54) is 0 Å². The van der Waals surface area contributed by atoms with Gasteiger partial charge < -0.3 is 15.1 Å². The van der Waals surface area contributed by atoms with Crippen LogP contribution in [0.4, 0.5) is 0 Å². The average Bonchev–Trinajstić information content (AvgIpc) is 2.89. The van der Waals surface area contributed by atoms with E-state index in [4.69, 9.17) is 10.2 Å². The lowest BCUT2D eigenvalue weighted by atomic mass is 10.1. The lowest BCUT2D eigenvalue weighted by Crippen LogP contribution is -2.12. The van der Waals surface area contributed by atoms with Gasteiger partial charge in [-0.25, -0.2) is 4.98 Å². The van der Waals surface area contributed by atoms with Crippen molar-refractivity contribution in [1.82, 2.24) is 9.97 Å². The second-order valence-electron chi connectivity index (χ2n) is 3.54. The van der Waals surface area contributed by atoms with Gasteiger partial charge in [-0.1, -0.05) is 6.92 Å². The summed E-state index contributed by atoms with van der Waals surface area (Å²) in [7, 11) is 0. The van der Waals surface area contributed by atoms with E-state index in [0.717, 1.165) is 23.5 Å². The summed E-state index contributed by atoms with van der Waals surface area (Å²) in [6.07, 6.45) is 6.16. The van der Waals surface area contributed by atoms with E-state index in [1.54, 1.807) is 12.5 Å². The van der Waals surface area contributed by atoms with Crippen LogP contribution in [-0.4, -0.2) is 16.5 Å². The van der Waals surface area contributed by atoms with Crippen molar-refractivity contribution in [3.8, 4) is 11.3 Å². The SMILES string of the molecule is CCC(CN)c1ncc(-c2ccoc2)[nH]1. The van der Waals surface area contributed by atoms with Gasteiger partial charge in [0.15, 0.2) is 0 Å². The minimum Gasteiger partial charge on any atom is -0.472 e.